The van der Waals surface area contributed by atoms with Crippen LogP contribution >= 0.6 is 0 Å². The van der Waals surface area contributed by atoms with Crippen molar-refractivity contribution < 1.29 is 22.7 Å². The third-order valence-electron chi connectivity index (χ3n) is 5.02. The number of hydrogen-bond acceptors (Lipinski definition) is 6. The van der Waals surface area contributed by atoms with Crippen molar-refractivity contribution in [1.29, 1.82) is 0 Å². The lowest BCUT2D eigenvalue weighted by Gasteiger charge is -2.14. The van der Waals surface area contributed by atoms with Crippen LogP contribution < -0.4 is 0 Å². The predicted molar refractivity (Wildman–Crippen MR) is 107 cm³/mol. The van der Waals surface area contributed by atoms with Gasteiger partial charge in [-0.15, -0.1) is 0 Å². The van der Waals surface area contributed by atoms with E-state index >= 15 is 0 Å². The average molecular weight is 414 g/mol. The highest BCUT2D eigenvalue weighted by Gasteiger charge is 2.27. The normalized spacial score (nSPS) is 16.9. The van der Waals surface area contributed by atoms with Crippen molar-refractivity contribution in [3.05, 3.63) is 59.7 Å². The maximum absolute atomic E-state index is 13.2. The third-order valence-corrected chi connectivity index (χ3v) is 6.60. The Balaban J connectivity index is 1.81. The molecule has 29 heavy (non-hydrogen) atoms. The molecule has 2 aromatic carbocycles. The molecule has 4 rings (SSSR count). The number of aromatic nitrogens is 2. The first kappa shape index (κ1) is 19.6. The third kappa shape index (κ3) is 4.04. The zero-order valence-electron chi connectivity index (χ0n) is 16.1. The van der Waals surface area contributed by atoms with Gasteiger partial charge in [0, 0.05) is 6.61 Å². The molecule has 0 radical (unpaired) electrons. The van der Waals surface area contributed by atoms with E-state index in [1.807, 2.05) is 18.2 Å². The Kier molecular flexibility index (Phi) is 5.38. The zero-order valence-corrected chi connectivity index (χ0v) is 16.9. The van der Waals surface area contributed by atoms with E-state index in [1.165, 1.54) is 7.11 Å². The summed E-state index contributed by atoms with van der Waals surface area (Å²) in [6, 6.07) is 13.9. The van der Waals surface area contributed by atoms with E-state index in [1.54, 1.807) is 34.9 Å². The number of sulfone groups is 1. The number of fused-ring (bicyclic) bond motifs is 1. The summed E-state index contributed by atoms with van der Waals surface area (Å²) in [7, 11) is -2.39. The lowest BCUT2D eigenvalue weighted by molar-refractivity contribution is 0.0601. The molecule has 1 aliphatic heterocycles. The second-order valence-corrected chi connectivity index (χ2v) is 8.96. The van der Waals surface area contributed by atoms with Crippen molar-refractivity contribution in [2.24, 2.45) is 0 Å². The van der Waals surface area contributed by atoms with Crippen molar-refractivity contribution in [3.63, 3.8) is 0 Å². The minimum Gasteiger partial charge on any atom is -0.465 e. The SMILES string of the molecule is COC(=O)c1ccc2nc(S(=O)(=O)Cc3ccccc3)n(CC3CCCO3)c2c1. The second kappa shape index (κ2) is 7.96. The van der Waals surface area contributed by atoms with Gasteiger partial charge in [-0.3, -0.25) is 0 Å². The van der Waals surface area contributed by atoms with Crippen molar-refractivity contribution in [2.45, 2.75) is 36.4 Å². The number of ether oxygens (including phenoxy) is 2. The van der Waals surface area contributed by atoms with E-state index in [0.717, 1.165) is 12.8 Å². The monoisotopic (exact) mass is 414 g/mol. The number of benzene rings is 2. The Morgan fingerprint density at radius 3 is 2.72 bits per heavy atom. The topological polar surface area (TPSA) is 87.5 Å². The quantitative estimate of drug-likeness (QED) is 0.576. The Labute approximate surface area is 169 Å². The summed E-state index contributed by atoms with van der Waals surface area (Å²) in [5, 5.41) is -0.00568. The second-order valence-electron chi connectivity index (χ2n) is 7.08. The highest BCUT2D eigenvalue weighted by Crippen LogP contribution is 2.26. The number of nitrogens with zero attached hydrogens (tertiary/aromatic N) is 2. The molecule has 1 fully saturated rings. The van der Waals surface area contributed by atoms with Gasteiger partial charge in [-0.25, -0.2) is 18.2 Å². The van der Waals surface area contributed by atoms with Crippen LogP contribution in [0.25, 0.3) is 11.0 Å². The van der Waals surface area contributed by atoms with Crippen molar-refractivity contribution >= 4 is 26.8 Å². The van der Waals surface area contributed by atoms with Gasteiger partial charge in [-0.05, 0) is 36.6 Å². The molecule has 8 heteroatoms. The fourth-order valence-corrected chi connectivity index (χ4v) is 5.12. The summed E-state index contributed by atoms with van der Waals surface area (Å²) >= 11 is 0. The molecule has 1 aromatic heterocycles. The highest BCUT2D eigenvalue weighted by molar-refractivity contribution is 7.90. The maximum Gasteiger partial charge on any atom is 0.337 e. The fraction of sp³-hybridized carbons (Fsp3) is 0.333. The molecular weight excluding hydrogens is 392 g/mol. The maximum atomic E-state index is 13.2. The Morgan fingerprint density at radius 2 is 2.03 bits per heavy atom. The molecule has 1 saturated heterocycles. The van der Waals surface area contributed by atoms with Gasteiger partial charge >= 0.3 is 5.97 Å². The molecule has 2 heterocycles. The molecule has 1 aliphatic rings. The van der Waals surface area contributed by atoms with Crippen molar-refractivity contribution in [1.82, 2.24) is 9.55 Å². The van der Waals surface area contributed by atoms with Gasteiger partial charge in [0.15, 0.2) is 0 Å². The van der Waals surface area contributed by atoms with Crippen LogP contribution in [0, 0.1) is 0 Å². The molecule has 0 saturated carbocycles. The van der Waals surface area contributed by atoms with Crippen LogP contribution in [0.4, 0.5) is 0 Å². The number of carbonyl (C=O) groups is 1. The predicted octanol–water partition coefficient (Wildman–Crippen LogP) is 2.98. The molecule has 0 amide bonds. The molecule has 1 unspecified atom stereocenters. The lowest BCUT2D eigenvalue weighted by Crippen LogP contribution is -2.20. The largest absolute Gasteiger partial charge is 0.465 e. The van der Waals surface area contributed by atoms with Gasteiger partial charge in [-0.2, -0.15) is 0 Å². The molecule has 0 N–H and O–H groups in total. The molecule has 152 valence electrons. The van der Waals surface area contributed by atoms with E-state index in [0.29, 0.717) is 35.3 Å². The van der Waals surface area contributed by atoms with E-state index in [4.69, 9.17) is 9.47 Å². The van der Waals surface area contributed by atoms with Gasteiger partial charge in [0.25, 0.3) is 0 Å². The smallest absolute Gasteiger partial charge is 0.337 e. The average Bonchev–Trinajstić information content (AvgIpc) is 3.36. The molecule has 7 nitrogen and oxygen atoms in total. The van der Waals surface area contributed by atoms with E-state index in [2.05, 4.69) is 4.98 Å². The standard InChI is InChI=1S/C21H22N2O5S/c1-27-20(24)16-9-10-18-19(12-16)23(13-17-8-5-11-28-17)21(22-18)29(25,26)14-15-6-3-2-4-7-15/h2-4,6-7,9-10,12,17H,5,8,11,13-14H2,1H3. The van der Waals surface area contributed by atoms with Gasteiger partial charge in [0.1, 0.15) is 0 Å². The number of hydrogen-bond donors (Lipinski definition) is 0. The number of carbonyl (C=O) groups excluding carboxylic acids is 1. The van der Waals surface area contributed by atoms with Crippen molar-refractivity contribution in [3.8, 4) is 0 Å². The summed E-state index contributed by atoms with van der Waals surface area (Å²) in [4.78, 5) is 16.4. The minimum absolute atomic E-state index is 0.00568. The lowest BCUT2D eigenvalue weighted by atomic mass is 10.2. The first-order valence-corrected chi connectivity index (χ1v) is 11.1. The van der Waals surface area contributed by atoms with Crippen LogP contribution in [-0.4, -0.2) is 43.8 Å². The zero-order chi connectivity index (χ0) is 20.4. The summed E-state index contributed by atoms with van der Waals surface area (Å²) < 4.78 is 38.6. The molecular formula is C21H22N2O5S. The molecule has 0 aliphatic carbocycles. The van der Waals surface area contributed by atoms with E-state index in [-0.39, 0.29) is 17.0 Å². The highest BCUT2D eigenvalue weighted by atomic mass is 32.2. The van der Waals surface area contributed by atoms with Crippen LogP contribution in [-0.2, 0) is 31.6 Å². The van der Waals surface area contributed by atoms with Gasteiger partial charge in [0.05, 0.1) is 42.1 Å². The number of methoxy groups -OCH3 is 1. The van der Waals surface area contributed by atoms with E-state index < -0.39 is 15.8 Å². The summed E-state index contributed by atoms with van der Waals surface area (Å²) in [6.07, 6.45) is 1.71. The van der Waals surface area contributed by atoms with Gasteiger partial charge in [0.2, 0.25) is 15.0 Å². The first-order valence-electron chi connectivity index (χ1n) is 9.45. The minimum atomic E-state index is -3.71. The number of esters is 1. The Morgan fingerprint density at radius 1 is 1.24 bits per heavy atom. The molecule has 3 aromatic rings. The van der Waals surface area contributed by atoms with E-state index in [9.17, 15) is 13.2 Å². The van der Waals surface area contributed by atoms with Crippen LogP contribution in [0.2, 0.25) is 0 Å². The Bertz CT molecular complexity index is 1130. The van der Waals surface area contributed by atoms with Gasteiger partial charge < -0.3 is 14.0 Å². The van der Waals surface area contributed by atoms with Crippen molar-refractivity contribution in [2.75, 3.05) is 13.7 Å². The van der Waals surface area contributed by atoms with Gasteiger partial charge in [-0.1, -0.05) is 30.3 Å². The number of imidazole rings is 1. The molecule has 0 bridgehead atoms. The molecule has 1 atom stereocenters. The summed E-state index contributed by atoms with van der Waals surface area (Å²) in [5.74, 6) is -0.627. The Hall–Kier alpha value is -2.71. The summed E-state index contributed by atoms with van der Waals surface area (Å²) in [6.45, 7) is 1.03. The van der Waals surface area contributed by atoms with Crippen LogP contribution in [0.5, 0.6) is 0 Å². The molecule has 0 spiro atoms. The van der Waals surface area contributed by atoms with Crippen LogP contribution in [0.3, 0.4) is 0 Å². The van der Waals surface area contributed by atoms with Crippen LogP contribution in [0.15, 0.2) is 53.7 Å². The first-order chi connectivity index (χ1) is 14.0. The fourth-order valence-electron chi connectivity index (χ4n) is 3.61. The number of rotatable bonds is 6. The van der Waals surface area contributed by atoms with Crippen LogP contribution in [0.1, 0.15) is 28.8 Å². The summed E-state index contributed by atoms with van der Waals surface area (Å²) in [5.41, 5.74) is 2.14.